The Kier molecular flexibility index (Phi) is 5.74. The Balaban J connectivity index is 1.52. The van der Waals surface area contributed by atoms with Gasteiger partial charge < -0.3 is 5.32 Å². The zero-order valence-corrected chi connectivity index (χ0v) is 16.4. The van der Waals surface area contributed by atoms with Crippen LogP contribution < -0.4 is 5.32 Å². The normalized spacial score (nSPS) is 17.4. The summed E-state index contributed by atoms with van der Waals surface area (Å²) in [6, 6.07) is 4.31. The van der Waals surface area contributed by atoms with E-state index < -0.39 is 29.4 Å². The predicted octanol–water partition coefficient (Wildman–Crippen LogP) is 6.29. The molecule has 0 aliphatic heterocycles. The summed E-state index contributed by atoms with van der Waals surface area (Å²) in [5.41, 5.74) is -1.55. The summed E-state index contributed by atoms with van der Waals surface area (Å²) < 4.78 is 92.0. The molecular formula is C22H20F7N2. The summed E-state index contributed by atoms with van der Waals surface area (Å²) in [5, 5.41) is 2.90. The number of aromatic nitrogens is 1. The number of nitrogens with zero attached hydrogens (tertiary/aromatic N) is 1. The molecule has 0 bridgehead atoms. The van der Waals surface area contributed by atoms with Crippen LogP contribution in [-0.4, -0.2) is 4.98 Å². The number of halogens is 7. The van der Waals surface area contributed by atoms with Crippen molar-refractivity contribution < 1.29 is 30.7 Å². The standard InChI is InChI=1S/C22H20F7N2/c23-18-6-5-15(20(31-18)19(13-1-2-13)14-3-4-14)11-30-10-12-7-16(21(24,25)26)9-17(8-12)22(27,28)29/h5-9,13-14,30H,1-4,10-11H2. The number of hydrogen-bond acceptors (Lipinski definition) is 2. The van der Waals surface area contributed by atoms with Crippen LogP contribution in [0.3, 0.4) is 0 Å². The zero-order chi connectivity index (χ0) is 22.4. The molecule has 9 heteroatoms. The molecule has 1 heterocycles. The molecule has 2 aliphatic carbocycles. The molecule has 0 spiro atoms. The maximum Gasteiger partial charge on any atom is 0.416 e. The van der Waals surface area contributed by atoms with E-state index in [4.69, 9.17) is 0 Å². The van der Waals surface area contributed by atoms with Crippen molar-refractivity contribution in [3.63, 3.8) is 0 Å². The molecule has 167 valence electrons. The number of hydrogen-bond donors (Lipinski definition) is 1. The van der Waals surface area contributed by atoms with Gasteiger partial charge in [-0.2, -0.15) is 30.7 Å². The minimum Gasteiger partial charge on any atom is -0.309 e. The number of rotatable bonds is 7. The molecule has 2 saturated carbocycles. The van der Waals surface area contributed by atoms with Gasteiger partial charge in [-0.15, -0.1) is 0 Å². The van der Waals surface area contributed by atoms with Crippen LogP contribution in [0.1, 0.15) is 53.6 Å². The molecule has 0 amide bonds. The first-order valence-corrected chi connectivity index (χ1v) is 10.0. The summed E-state index contributed by atoms with van der Waals surface area (Å²) in [6.07, 6.45) is -5.66. The molecule has 0 saturated heterocycles. The molecule has 2 aromatic rings. The number of benzene rings is 1. The van der Waals surface area contributed by atoms with Gasteiger partial charge in [0.1, 0.15) is 0 Å². The lowest BCUT2D eigenvalue weighted by atomic mass is 9.90. The second-order valence-electron chi connectivity index (χ2n) is 8.16. The summed E-state index contributed by atoms with van der Waals surface area (Å²) >= 11 is 0. The first-order chi connectivity index (χ1) is 14.5. The fourth-order valence-corrected chi connectivity index (χ4v) is 3.83. The van der Waals surface area contributed by atoms with Gasteiger partial charge in [0.2, 0.25) is 5.95 Å². The van der Waals surface area contributed by atoms with Gasteiger partial charge in [-0.25, -0.2) is 4.98 Å². The number of alkyl halides is 6. The van der Waals surface area contributed by atoms with Gasteiger partial charge in [0.25, 0.3) is 0 Å². The van der Waals surface area contributed by atoms with E-state index in [1.54, 1.807) is 6.07 Å². The van der Waals surface area contributed by atoms with Gasteiger partial charge >= 0.3 is 12.4 Å². The molecule has 4 rings (SSSR count). The maximum atomic E-state index is 13.8. The Morgan fingerprint density at radius 3 is 1.87 bits per heavy atom. The highest BCUT2D eigenvalue weighted by Crippen LogP contribution is 2.53. The smallest absolute Gasteiger partial charge is 0.309 e. The summed E-state index contributed by atoms with van der Waals surface area (Å²) in [6.45, 7) is -0.0465. The van der Waals surface area contributed by atoms with E-state index in [1.807, 2.05) is 0 Å². The van der Waals surface area contributed by atoms with Crippen LogP contribution in [0.2, 0.25) is 0 Å². The highest BCUT2D eigenvalue weighted by atomic mass is 19.4. The molecule has 0 unspecified atom stereocenters. The van der Waals surface area contributed by atoms with E-state index >= 15 is 0 Å². The largest absolute Gasteiger partial charge is 0.416 e. The fraction of sp³-hybridized carbons (Fsp3) is 0.455. The molecular weight excluding hydrogens is 425 g/mol. The first kappa shape index (κ1) is 22.0. The monoisotopic (exact) mass is 445 g/mol. The lowest BCUT2D eigenvalue weighted by Crippen LogP contribution is -2.19. The van der Waals surface area contributed by atoms with Crippen molar-refractivity contribution in [3.05, 3.63) is 70.1 Å². The minimum atomic E-state index is -4.89. The van der Waals surface area contributed by atoms with E-state index in [0.717, 1.165) is 31.6 Å². The SMILES string of the molecule is Fc1ccc(CNCc2cc(C(F)(F)F)cc(C(F)(F)F)c2)c([C](C2CC2)C2CC2)n1. The lowest BCUT2D eigenvalue weighted by Gasteiger charge is -2.19. The second-order valence-corrected chi connectivity index (χ2v) is 8.16. The maximum absolute atomic E-state index is 13.8. The van der Waals surface area contributed by atoms with Crippen molar-refractivity contribution in [1.29, 1.82) is 0 Å². The van der Waals surface area contributed by atoms with Crippen LogP contribution in [-0.2, 0) is 25.4 Å². The Morgan fingerprint density at radius 2 is 1.39 bits per heavy atom. The summed E-state index contributed by atoms with van der Waals surface area (Å²) in [7, 11) is 0. The van der Waals surface area contributed by atoms with Crippen LogP contribution in [0.15, 0.2) is 30.3 Å². The first-order valence-electron chi connectivity index (χ1n) is 10.0. The topological polar surface area (TPSA) is 24.9 Å². The molecule has 0 atom stereocenters. The van der Waals surface area contributed by atoms with Crippen LogP contribution in [0.5, 0.6) is 0 Å². The molecule has 1 aromatic carbocycles. The summed E-state index contributed by atoms with van der Waals surface area (Å²) in [4.78, 5) is 4.07. The number of nitrogens with one attached hydrogen (secondary N) is 1. The molecule has 1 aromatic heterocycles. The Labute approximate surface area is 174 Å². The molecule has 2 fully saturated rings. The van der Waals surface area contributed by atoms with E-state index in [-0.39, 0.29) is 24.7 Å². The number of pyridine rings is 1. The zero-order valence-electron chi connectivity index (χ0n) is 16.4. The average molecular weight is 445 g/mol. The fourth-order valence-electron chi connectivity index (χ4n) is 3.83. The van der Waals surface area contributed by atoms with Crippen molar-refractivity contribution in [1.82, 2.24) is 10.3 Å². The second kappa shape index (κ2) is 8.07. The van der Waals surface area contributed by atoms with Crippen molar-refractivity contribution in [2.45, 2.75) is 51.1 Å². The van der Waals surface area contributed by atoms with Gasteiger partial charge in [0.05, 0.1) is 16.8 Å². The average Bonchev–Trinajstić information content (AvgIpc) is 3.57. The van der Waals surface area contributed by atoms with Crippen molar-refractivity contribution >= 4 is 0 Å². The Bertz CT molecular complexity index is 900. The van der Waals surface area contributed by atoms with Gasteiger partial charge in [-0.1, -0.05) is 6.07 Å². The lowest BCUT2D eigenvalue weighted by molar-refractivity contribution is -0.143. The van der Waals surface area contributed by atoms with E-state index in [1.165, 1.54) is 6.07 Å². The third-order valence-corrected chi connectivity index (χ3v) is 5.54. The Hall–Kier alpha value is -2.16. The molecule has 2 aliphatic rings. The van der Waals surface area contributed by atoms with E-state index in [9.17, 15) is 30.7 Å². The van der Waals surface area contributed by atoms with Crippen molar-refractivity contribution in [3.8, 4) is 0 Å². The third kappa shape index (κ3) is 5.37. The van der Waals surface area contributed by atoms with E-state index in [2.05, 4.69) is 10.3 Å². The molecule has 1 N–H and O–H groups in total. The molecule has 1 radical (unpaired) electrons. The highest BCUT2D eigenvalue weighted by Gasteiger charge is 2.44. The predicted molar refractivity (Wildman–Crippen MR) is 99.0 cm³/mol. The van der Waals surface area contributed by atoms with Crippen LogP contribution in [0.25, 0.3) is 0 Å². The minimum absolute atomic E-state index is 0.109. The molecule has 31 heavy (non-hydrogen) atoms. The molecule has 2 nitrogen and oxygen atoms in total. The van der Waals surface area contributed by atoms with Crippen LogP contribution >= 0.6 is 0 Å². The van der Waals surface area contributed by atoms with Crippen molar-refractivity contribution in [2.24, 2.45) is 11.8 Å². The Morgan fingerprint density at radius 1 is 0.839 bits per heavy atom. The van der Waals surface area contributed by atoms with Crippen LogP contribution in [0.4, 0.5) is 30.7 Å². The van der Waals surface area contributed by atoms with Gasteiger partial charge in [0.15, 0.2) is 0 Å². The van der Waals surface area contributed by atoms with Gasteiger partial charge in [0, 0.05) is 19.0 Å². The van der Waals surface area contributed by atoms with Crippen LogP contribution in [0, 0.1) is 23.7 Å². The van der Waals surface area contributed by atoms with Gasteiger partial charge in [-0.05, 0) is 72.9 Å². The highest BCUT2D eigenvalue weighted by molar-refractivity contribution is 5.39. The third-order valence-electron chi connectivity index (χ3n) is 5.54. The van der Waals surface area contributed by atoms with Crippen molar-refractivity contribution in [2.75, 3.05) is 0 Å². The van der Waals surface area contributed by atoms with Gasteiger partial charge in [-0.3, -0.25) is 0 Å². The quantitative estimate of drug-likeness (QED) is 0.400. The van der Waals surface area contributed by atoms with E-state index in [0.29, 0.717) is 35.2 Å². The summed E-state index contributed by atoms with van der Waals surface area (Å²) in [5.74, 6) is 1.30.